The van der Waals surface area contributed by atoms with E-state index in [-0.39, 0.29) is 23.3 Å². The minimum Gasteiger partial charge on any atom is -0.494 e. The largest absolute Gasteiger partial charge is 0.494 e. The Hall–Kier alpha value is -2.46. The van der Waals surface area contributed by atoms with Crippen LogP contribution in [0, 0.1) is 5.82 Å². The summed E-state index contributed by atoms with van der Waals surface area (Å²) in [7, 11) is 1.13. The normalized spacial score (nSPS) is 17.9. The molecule has 1 aliphatic rings. The molecule has 0 aliphatic carbocycles. The average Bonchev–Trinajstić information content (AvgIpc) is 2.68. The van der Waals surface area contributed by atoms with Gasteiger partial charge in [-0.1, -0.05) is 0 Å². The summed E-state index contributed by atoms with van der Waals surface area (Å²) in [5, 5.41) is 0. The number of halogens is 1. The summed E-state index contributed by atoms with van der Waals surface area (Å²) in [5.74, 6) is 0.202. The number of rotatable bonds is 6. The molecule has 1 unspecified atom stereocenters. The van der Waals surface area contributed by atoms with E-state index < -0.39 is 15.8 Å². The number of hydrogen-bond donors (Lipinski definition) is 0. The molecule has 1 aliphatic heterocycles. The number of hydrogen-bond acceptors (Lipinski definition) is 7. The van der Waals surface area contributed by atoms with Gasteiger partial charge >= 0.3 is 0 Å². The highest BCUT2D eigenvalue weighted by Gasteiger charge is 2.32. The third-order valence-electron chi connectivity index (χ3n) is 4.45. The van der Waals surface area contributed by atoms with Crippen molar-refractivity contribution in [3.05, 3.63) is 36.4 Å². The molecular weight excluding hydrogens is 387 g/mol. The van der Waals surface area contributed by atoms with E-state index in [1.807, 2.05) is 14.1 Å². The quantitative estimate of drug-likeness (QED) is 0.719. The van der Waals surface area contributed by atoms with Crippen molar-refractivity contribution >= 4 is 15.8 Å². The van der Waals surface area contributed by atoms with E-state index in [2.05, 4.69) is 9.97 Å². The predicted octanol–water partition coefficient (Wildman–Crippen LogP) is 1.92. The van der Waals surface area contributed by atoms with E-state index in [1.54, 1.807) is 11.1 Å². The fourth-order valence-corrected chi connectivity index (χ4v) is 4.56. The summed E-state index contributed by atoms with van der Waals surface area (Å²) in [6, 6.07) is 3.63. The van der Waals surface area contributed by atoms with Gasteiger partial charge in [0.15, 0.2) is 17.4 Å². The van der Waals surface area contributed by atoms with Gasteiger partial charge in [-0.15, -0.1) is 0 Å². The van der Waals surface area contributed by atoms with Crippen LogP contribution < -0.4 is 14.4 Å². The number of sulfonamides is 1. The van der Waals surface area contributed by atoms with Gasteiger partial charge in [-0.05, 0) is 31.0 Å². The van der Waals surface area contributed by atoms with Crippen molar-refractivity contribution in [1.29, 1.82) is 0 Å². The molecule has 1 aromatic carbocycles. The number of aromatic nitrogens is 2. The van der Waals surface area contributed by atoms with Crippen LogP contribution in [0.3, 0.4) is 0 Å². The minimum atomic E-state index is -3.85. The van der Waals surface area contributed by atoms with E-state index in [4.69, 9.17) is 9.47 Å². The van der Waals surface area contributed by atoms with Gasteiger partial charge in [-0.3, -0.25) is 0 Å². The molecule has 1 aromatic heterocycles. The second kappa shape index (κ2) is 8.27. The van der Waals surface area contributed by atoms with Crippen LogP contribution in [0.1, 0.15) is 12.8 Å². The lowest BCUT2D eigenvalue weighted by Crippen LogP contribution is -2.44. The predicted molar refractivity (Wildman–Crippen MR) is 102 cm³/mol. The summed E-state index contributed by atoms with van der Waals surface area (Å²) >= 11 is 0. The van der Waals surface area contributed by atoms with Gasteiger partial charge in [-0.2, -0.15) is 4.31 Å². The zero-order valence-electron chi connectivity index (χ0n) is 16.0. The zero-order valence-corrected chi connectivity index (χ0v) is 16.8. The first-order chi connectivity index (χ1) is 13.3. The van der Waals surface area contributed by atoms with Crippen LogP contribution in [-0.4, -0.2) is 63.1 Å². The highest BCUT2D eigenvalue weighted by Crippen LogP contribution is 2.28. The first-order valence-corrected chi connectivity index (χ1v) is 10.3. The maximum absolute atomic E-state index is 14.0. The number of anilines is 1. The van der Waals surface area contributed by atoms with Crippen molar-refractivity contribution in [2.75, 3.05) is 39.2 Å². The molecule has 1 fully saturated rings. The maximum atomic E-state index is 14.0. The van der Waals surface area contributed by atoms with Crippen LogP contribution >= 0.6 is 0 Å². The molecule has 2 aromatic rings. The Bertz CT molecular complexity index is 939. The minimum absolute atomic E-state index is 0.00216. The molecule has 8 nitrogen and oxygen atoms in total. The Labute approximate surface area is 164 Å². The van der Waals surface area contributed by atoms with Gasteiger partial charge < -0.3 is 14.4 Å². The monoisotopic (exact) mass is 410 g/mol. The molecule has 1 saturated heterocycles. The summed E-state index contributed by atoms with van der Waals surface area (Å²) < 4.78 is 52.0. The number of piperidine rings is 1. The molecule has 0 saturated carbocycles. The number of nitrogens with zero attached hydrogens (tertiary/aromatic N) is 4. The van der Waals surface area contributed by atoms with Crippen molar-refractivity contribution in [2.24, 2.45) is 0 Å². The van der Waals surface area contributed by atoms with E-state index >= 15 is 0 Å². The van der Waals surface area contributed by atoms with Crippen LogP contribution in [0.15, 0.2) is 35.5 Å². The second-order valence-electron chi connectivity index (χ2n) is 6.62. The molecule has 0 bridgehead atoms. The van der Waals surface area contributed by atoms with Gasteiger partial charge in [0.25, 0.3) is 5.88 Å². The smallest absolute Gasteiger partial charge is 0.257 e. The van der Waals surface area contributed by atoms with Gasteiger partial charge in [0.1, 0.15) is 6.10 Å². The number of ether oxygens (including phenoxy) is 2. The lowest BCUT2D eigenvalue weighted by molar-refractivity contribution is 0.125. The Kier molecular flexibility index (Phi) is 5.99. The van der Waals surface area contributed by atoms with Crippen molar-refractivity contribution in [2.45, 2.75) is 23.8 Å². The second-order valence-corrected chi connectivity index (χ2v) is 8.56. The molecule has 0 spiro atoms. The van der Waals surface area contributed by atoms with E-state index in [9.17, 15) is 12.8 Å². The highest BCUT2D eigenvalue weighted by atomic mass is 32.2. The molecule has 0 N–H and O–H groups in total. The van der Waals surface area contributed by atoms with Crippen molar-refractivity contribution in [3.63, 3.8) is 0 Å². The molecule has 152 valence electrons. The average molecular weight is 410 g/mol. The van der Waals surface area contributed by atoms with Gasteiger partial charge in [0, 0.05) is 33.0 Å². The van der Waals surface area contributed by atoms with Crippen LogP contribution in [0.2, 0.25) is 0 Å². The third kappa shape index (κ3) is 4.17. The molecule has 2 heterocycles. The number of benzene rings is 1. The molecule has 28 heavy (non-hydrogen) atoms. The summed E-state index contributed by atoms with van der Waals surface area (Å²) in [4.78, 5) is 10.1. The standard InChI is InChI=1S/C18H23FN4O4S/c1-22(2)17-18(21-9-8-20-17)27-13-5-4-10-23(12-13)28(24,25)14-6-7-16(26-3)15(19)11-14/h6-9,11,13H,4-5,10,12H2,1-3H3. The van der Waals surface area contributed by atoms with Gasteiger partial charge in [0.05, 0.1) is 18.6 Å². The molecule has 0 amide bonds. The van der Waals surface area contributed by atoms with Gasteiger partial charge in [0.2, 0.25) is 10.0 Å². The Balaban J connectivity index is 1.78. The third-order valence-corrected chi connectivity index (χ3v) is 6.31. The van der Waals surface area contributed by atoms with E-state index in [1.165, 1.54) is 29.7 Å². The van der Waals surface area contributed by atoms with E-state index in [0.717, 1.165) is 6.07 Å². The summed E-state index contributed by atoms with van der Waals surface area (Å²) in [6.07, 6.45) is 4.03. The van der Waals surface area contributed by atoms with Crippen molar-refractivity contribution in [1.82, 2.24) is 14.3 Å². The Morgan fingerprint density at radius 3 is 2.68 bits per heavy atom. The van der Waals surface area contributed by atoms with Crippen LogP contribution in [0.5, 0.6) is 11.6 Å². The lowest BCUT2D eigenvalue weighted by atomic mass is 10.1. The SMILES string of the molecule is COc1ccc(S(=O)(=O)N2CCCC(Oc3nccnc3N(C)C)C2)cc1F. The highest BCUT2D eigenvalue weighted by molar-refractivity contribution is 7.89. The fourth-order valence-electron chi connectivity index (χ4n) is 3.04. The first-order valence-electron chi connectivity index (χ1n) is 8.81. The Morgan fingerprint density at radius 2 is 2.00 bits per heavy atom. The molecule has 3 rings (SSSR count). The molecular formula is C18H23FN4O4S. The van der Waals surface area contributed by atoms with Crippen LogP contribution in [0.25, 0.3) is 0 Å². The van der Waals surface area contributed by atoms with Crippen molar-refractivity contribution < 1.29 is 22.3 Å². The van der Waals surface area contributed by atoms with Crippen molar-refractivity contribution in [3.8, 4) is 11.6 Å². The molecule has 1 atom stereocenters. The maximum Gasteiger partial charge on any atom is 0.257 e. The first kappa shape index (κ1) is 20.3. The summed E-state index contributed by atoms with van der Waals surface area (Å²) in [6.45, 7) is 0.496. The lowest BCUT2D eigenvalue weighted by Gasteiger charge is -2.32. The molecule has 0 radical (unpaired) electrons. The van der Waals surface area contributed by atoms with Crippen LogP contribution in [-0.2, 0) is 10.0 Å². The molecule has 10 heteroatoms. The van der Waals surface area contributed by atoms with E-state index in [0.29, 0.717) is 31.1 Å². The fraction of sp³-hybridized carbons (Fsp3) is 0.444. The topological polar surface area (TPSA) is 84.9 Å². The summed E-state index contributed by atoms with van der Waals surface area (Å²) in [5.41, 5.74) is 0. The number of methoxy groups -OCH3 is 1. The zero-order chi connectivity index (χ0) is 20.3. The Morgan fingerprint density at radius 1 is 1.25 bits per heavy atom. The van der Waals surface area contributed by atoms with Gasteiger partial charge in [-0.25, -0.2) is 22.8 Å². The van der Waals surface area contributed by atoms with Crippen LogP contribution in [0.4, 0.5) is 10.2 Å².